The van der Waals surface area contributed by atoms with Crippen molar-refractivity contribution in [2.75, 3.05) is 26.0 Å². The van der Waals surface area contributed by atoms with Crippen LogP contribution >= 0.6 is 11.8 Å². The number of carbonyl (C=O) groups is 1. The van der Waals surface area contributed by atoms with E-state index in [2.05, 4.69) is 19.1 Å². The van der Waals surface area contributed by atoms with E-state index in [1.807, 2.05) is 17.0 Å². The van der Waals surface area contributed by atoms with Crippen LogP contribution in [0.1, 0.15) is 22.9 Å². The third-order valence-electron chi connectivity index (χ3n) is 3.17. The lowest BCUT2D eigenvalue weighted by atomic mass is 10.1. The molecule has 1 unspecified atom stereocenters. The van der Waals surface area contributed by atoms with E-state index in [0.29, 0.717) is 12.4 Å². The number of benzene rings is 1. The first-order chi connectivity index (χ1) is 8.74. The fourth-order valence-corrected chi connectivity index (χ4v) is 3.51. The molecule has 1 aliphatic rings. The molecule has 18 heavy (non-hydrogen) atoms. The van der Waals surface area contributed by atoms with Crippen LogP contribution < -0.4 is 0 Å². The molecule has 0 saturated carbocycles. The van der Waals surface area contributed by atoms with Crippen LogP contribution in [0.5, 0.6) is 0 Å². The molecule has 3 nitrogen and oxygen atoms in total. The molecule has 0 aromatic heterocycles. The van der Waals surface area contributed by atoms with Crippen LogP contribution in [0.4, 0.5) is 0 Å². The van der Waals surface area contributed by atoms with Crippen molar-refractivity contribution in [3.63, 3.8) is 0 Å². The zero-order chi connectivity index (χ0) is 13.0. The van der Waals surface area contributed by atoms with Crippen molar-refractivity contribution >= 4 is 17.7 Å². The minimum atomic E-state index is 0.176. The SMILES string of the molecule is COCCCN1C(=O)CSC1c1ccccc1C. The van der Waals surface area contributed by atoms with Crippen molar-refractivity contribution in [2.45, 2.75) is 18.7 Å². The van der Waals surface area contributed by atoms with E-state index < -0.39 is 0 Å². The number of rotatable bonds is 5. The number of amides is 1. The van der Waals surface area contributed by atoms with Gasteiger partial charge in [0.2, 0.25) is 5.91 Å². The molecule has 4 heteroatoms. The Balaban J connectivity index is 2.11. The number of methoxy groups -OCH3 is 1. The molecule has 1 amide bonds. The van der Waals surface area contributed by atoms with E-state index in [1.165, 1.54) is 11.1 Å². The number of hydrogen-bond acceptors (Lipinski definition) is 3. The van der Waals surface area contributed by atoms with E-state index in [1.54, 1.807) is 18.9 Å². The maximum atomic E-state index is 11.9. The highest BCUT2D eigenvalue weighted by Gasteiger charge is 2.32. The molecular formula is C14H19NO2S. The third kappa shape index (κ3) is 2.87. The first-order valence-corrected chi connectivity index (χ1v) is 7.24. The Morgan fingerprint density at radius 3 is 2.94 bits per heavy atom. The Labute approximate surface area is 113 Å². The van der Waals surface area contributed by atoms with Crippen LogP contribution in [0.3, 0.4) is 0 Å². The number of aryl methyl sites for hydroxylation is 1. The van der Waals surface area contributed by atoms with Crippen LogP contribution in [-0.4, -0.2) is 36.8 Å². The van der Waals surface area contributed by atoms with Crippen LogP contribution in [0.25, 0.3) is 0 Å². The first kappa shape index (κ1) is 13.4. The second kappa shape index (κ2) is 6.25. The molecular weight excluding hydrogens is 246 g/mol. The molecule has 1 aliphatic heterocycles. The van der Waals surface area contributed by atoms with Gasteiger partial charge in [-0.1, -0.05) is 24.3 Å². The standard InChI is InChI=1S/C14H19NO2S/c1-11-6-3-4-7-12(11)14-15(8-5-9-17-2)13(16)10-18-14/h3-4,6-7,14H,5,8-10H2,1-2H3. The van der Waals surface area contributed by atoms with E-state index in [-0.39, 0.29) is 11.3 Å². The number of hydrogen-bond donors (Lipinski definition) is 0. The van der Waals surface area contributed by atoms with Gasteiger partial charge >= 0.3 is 0 Å². The predicted molar refractivity (Wildman–Crippen MR) is 74.6 cm³/mol. The molecule has 0 aliphatic carbocycles. The van der Waals surface area contributed by atoms with Gasteiger partial charge in [-0.2, -0.15) is 0 Å². The van der Waals surface area contributed by atoms with Gasteiger partial charge in [0, 0.05) is 20.3 Å². The van der Waals surface area contributed by atoms with E-state index in [4.69, 9.17) is 4.74 Å². The van der Waals surface area contributed by atoms with Crippen molar-refractivity contribution in [1.82, 2.24) is 4.90 Å². The minimum absolute atomic E-state index is 0.176. The highest BCUT2D eigenvalue weighted by molar-refractivity contribution is 8.00. The summed E-state index contributed by atoms with van der Waals surface area (Å²) in [5, 5.41) is 0.176. The summed E-state index contributed by atoms with van der Waals surface area (Å²) in [5.41, 5.74) is 2.51. The van der Waals surface area contributed by atoms with E-state index in [9.17, 15) is 4.79 Å². The third-order valence-corrected chi connectivity index (χ3v) is 4.41. The average Bonchev–Trinajstić information content (AvgIpc) is 2.72. The largest absolute Gasteiger partial charge is 0.385 e. The lowest BCUT2D eigenvalue weighted by Gasteiger charge is -2.25. The summed E-state index contributed by atoms with van der Waals surface area (Å²) in [7, 11) is 1.69. The van der Waals surface area contributed by atoms with Gasteiger partial charge < -0.3 is 9.64 Å². The number of thioether (sulfide) groups is 1. The molecule has 2 rings (SSSR count). The normalized spacial score (nSPS) is 19.6. The highest BCUT2D eigenvalue weighted by Crippen LogP contribution is 2.39. The topological polar surface area (TPSA) is 29.5 Å². The Morgan fingerprint density at radius 1 is 1.44 bits per heavy atom. The molecule has 1 saturated heterocycles. The van der Waals surface area contributed by atoms with Crippen molar-refractivity contribution in [1.29, 1.82) is 0 Å². The van der Waals surface area contributed by atoms with Gasteiger partial charge in [0.1, 0.15) is 5.37 Å². The fourth-order valence-electron chi connectivity index (χ4n) is 2.20. The maximum Gasteiger partial charge on any atom is 0.233 e. The summed E-state index contributed by atoms with van der Waals surface area (Å²) in [4.78, 5) is 13.9. The number of ether oxygens (including phenoxy) is 1. The van der Waals surface area contributed by atoms with Gasteiger partial charge in [0.25, 0.3) is 0 Å². The second-order valence-electron chi connectivity index (χ2n) is 4.45. The highest BCUT2D eigenvalue weighted by atomic mass is 32.2. The molecule has 1 aromatic rings. The minimum Gasteiger partial charge on any atom is -0.385 e. The Kier molecular flexibility index (Phi) is 4.66. The molecule has 0 radical (unpaired) electrons. The smallest absolute Gasteiger partial charge is 0.233 e. The van der Waals surface area contributed by atoms with Gasteiger partial charge in [0.05, 0.1) is 5.75 Å². The van der Waals surface area contributed by atoms with Crippen LogP contribution in [0.15, 0.2) is 24.3 Å². The molecule has 1 atom stereocenters. The summed E-state index contributed by atoms with van der Waals surface area (Å²) < 4.78 is 5.06. The molecule has 1 fully saturated rings. The van der Waals surface area contributed by atoms with Gasteiger partial charge in [-0.15, -0.1) is 11.8 Å². The van der Waals surface area contributed by atoms with Crippen molar-refractivity contribution in [3.8, 4) is 0 Å². The zero-order valence-electron chi connectivity index (χ0n) is 10.9. The van der Waals surface area contributed by atoms with Crippen LogP contribution in [-0.2, 0) is 9.53 Å². The molecule has 0 N–H and O–H groups in total. The Morgan fingerprint density at radius 2 is 2.22 bits per heavy atom. The summed E-state index contributed by atoms with van der Waals surface area (Å²) in [6.07, 6.45) is 0.894. The predicted octanol–water partition coefficient (Wildman–Crippen LogP) is 2.61. The molecule has 1 aromatic carbocycles. The molecule has 0 bridgehead atoms. The van der Waals surface area contributed by atoms with Gasteiger partial charge in [-0.25, -0.2) is 0 Å². The summed E-state index contributed by atoms with van der Waals surface area (Å²) in [5.74, 6) is 0.829. The summed E-state index contributed by atoms with van der Waals surface area (Å²) >= 11 is 1.72. The monoisotopic (exact) mass is 265 g/mol. The van der Waals surface area contributed by atoms with Crippen molar-refractivity contribution in [3.05, 3.63) is 35.4 Å². The fraction of sp³-hybridized carbons (Fsp3) is 0.500. The summed E-state index contributed by atoms with van der Waals surface area (Å²) in [6, 6.07) is 8.30. The van der Waals surface area contributed by atoms with Gasteiger partial charge in [-0.3, -0.25) is 4.79 Å². The zero-order valence-corrected chi connectivity index (χ0v) is 11.7. The van der Waals surface area contributed by atoms with Gasteiger partial charge in [-0.05, 0) is 24.5 Å². The Bertz CT molecular complexity index is 422. The van der Waals surface area contributed by atoms with Gasteiger partial charge in [0.15, 0.2) is 0 Å². The van der Waals surface area contributed by atoms with Crippen LogP contribution in [0.2, 0.25) is 0 Å². The summed E-state index contributed by atoms with van der Waals surface area (Å²) in [6.45, 7) is 3.58. The van der Waals surface area contributed by atoms with E-state index in [0.717, 1.165) is 13.0 Å². The average molecular weight is 265 g/mol. The number of nitrogens with zero attached hydrogens (tertiary/aromatic N) is 1. The van der Waals surface area contributed by atoms with E-state index >= 15 is 0 Å². The molecule has 1 heterocycles. The quantitative estimate of drug-likeness (QED) is 0.766. The molecule has 98 valence electrons. The maximum absolute atomic E-state index is 11.9. The lowest BCUT2D eigenvalue weighted by Crippen LogP contribution is -2.30. The lowest BCUT2D eigenvalue weighted by molar-refractivity contribution is -0.128. The molecule has 0 spiro atoms. The van der Waals surface area contributed by atoms with Crippen molar-refractivity contribution in [2.24, 2.45) is 0 Å². The van der Waals surface area contributed by atoms with Crippen LogP contribution in [0, 0.1) is 6.92 Å². The Hall–Kier alpha value is -1.00. The number of carbonyl (C=O) groups excluding carboxylic acids is 1. The van der Waals surface area contributed by atoms with Crippen molar-refractivity contribution < 1.29 is 9.53 Å². The first-order valence-electron chi connectivity index (χ1n) is 6.19. The second-order valence-corrected chi connectivity index (χ2v) is 5.52.